The minimum atomic E-state index is 0.982. The fourth-order valence-corrected chi connectivity index (χ4v) is 6.58. The second-order valence-corrected chi connectivity index (χ2v) is 10.3. The minimum Gasteiger partial charge on any atom is -0.455 e. The molecule has 1 aromatic heterocycles. The van der Waals surface area contributed by atoms with Crippen LogP contribution in [0, 0.1) is 0 Å². The van der Waals surface area contributed by atoms with Crippen molar-refractivity contribution in [3.63, 3.8) is 0 Å². The number of rotatable bonds is 2. The molecule has 0 radical (unpaired) electrons. The molecule has 0 bridgehead atoms. The second-order valence-electron chi connectivity index (χ2n) is 10.3. The summed E-state index contributed by atoms with van der Waals surface area (Å²) in [6.07, 6.45) is 5.92. The summed E-state index contributed by atoms with van der Waals surface area (Å²) in [4.78, 5) is 0. The van der Waals surface area contributed by atoms with E-state index in [0.29, 0.717) is 0 Å². The molecule has 6 aromatic rings. The Morgan fingerprint density at radius 1 is 0.472 bits per heavy atom. The fourth-order valence-electron chi connectivity index (χ4n) is 6.58. The number of fused-ring (bicyclic) bond motifs is 7. The Morgan fingerprint density at radius 2 is 1.14 bits per heavy atom. The van der Waals surface area contributed by atoms with Gasteiger partial charge in [0.05, 0.1) is 0 Å². The maximum absolute atomic E-state index is 6.80. The molecule has 2 aliphatic carbocycles. The van der Waals surface area contributed by atoms with E-state index in [4.69, 9.17) is 4.42 Å². The van der Waals surface area contributed by atoms with Crippen LogP contribution < -0.4 is 0 Å². The zero-order chi connectivity index (χ0) is 23.6. The van der Waals surface area contributed by atoms with E-state index in [0.717, 1.165) is 29.6 Å². The summed E-state index contributed by atoms with van der Waals surface area (Å²) < 4.78 is 6.80. The molecule has 1 nitrogen and oxygen atoms in total. The highest BCUT2D eigenvalue weighted by Crippen LogP contribution is 2.44. The Kier molecular flexibility index (Phi) is 4.30. The average Bonchev–Trinajstić information content (AvgIpc) is 3.51. The van der Waals surface area contributed by atoms with Crippen molar-refractivity contribution in [3.05, 3.63) is 119 Å². The van der Waals surface area contributed by atoms with Crippen molar-refractivity contribution in [1.29, 1.82) is 0 Å². The highest BCUT2D eigenvalue weighted by atomic mass is 16.3. The fraction of sp³-hybridized carbons (Fsp3) is 0.143. The highest BCUT2D eigenvalue weighted by Gasteiger charge is 2.21. The van der Waals surface area contributed by atoms with Crippen molar-refractivity contribution in [3.8, 4) is 33.4 Å². The molecular formula is C35H26O. The van der Waals surface area contributed by atoms with Gasteiger partial charge in [-0.15, -0.1) is 0 Å². The van der Waals surface area contributed by atoms with Crippen molar-refractivity contribution in [2.75, 3.05) is 0 Å². The van der Waals surface area contributed by atoms with Crippen LogP contribution in [0.1, 0.15) is 35.1 Å². The predicted octanol–water partition coefficient (Wildman–Crippen LogP) is 9.37. The first-order chi connectivity index (χ1) is 17.8. The van der Waals surface area contributed by atoms with Crippen LogP contribution in [0.25, 0.3) is 55.3 Å². The normalized spacial score (nSPS) is 14.1. The second kappa shape index (κ2) is 7.70. The molecule has 36 heavy (non-hydrogen) atoms. The number of hydrogen-bond donors (Lipinski definition) is 0. The van der Waals surface area contributed by atoms with Gasteiger partial charge in [-0.05, 0) is 82.7 Å². The first-order valence-corrected chi connectivity index (χ1v) is 13.1. The van der Waals surface area contributed by atoms with Gasteiger partial charge in [0.1, 0.15) is 11.2 Å². The molecule has 1 heteroatoms. The van der Waals surface area contributed by atoms with Crippen LogP contribution in [0.4, 0.5) is 0 Å². The summed E-state index contributed by atoms with van der Waals surface area (Å²) in [6.45, 7) is 0. The molecule has 172 valence electrons. The van der Waals surface area contributed by atoms with Gasteiger partial charge in [-0.2, -0.15) is 0 Å². The number of furan rings is 1. The van der Waals surface area contributed by atoms with E-state index >= 15 is 0 Å². The number of para-hydroxylation sites is 2. The Bertz CT molecular complexity index is 1820. The lowest BCUT2D eigenvalue weighted by Gasteiger charge is -2.19. The highest BCUT2D eigenvalue weighted by molar-refractivity contribution is 6.13. The molecule has 1 heterocycles. The third-order valence-corrected chi connectivity index (χ3v) is 8.32. The Hall–Kier alpha value is -4.10. The standard InChI is InChI=1S/C35H26O/c1-3-11-26-22(8-1)10-5-14-29(26)30-15-7-17-32-31-16-6-13-28(34(31)36-35(30)32)25-19-18-24-20-23-9-2-4-12-27(23)33(24)21-25/h2,4-7,9-10,12-19,21H,1,3,8,11,20H2. The molecule has 0 atom stereocenters. The summed E-state index contributed by atoms with van der Waals surface area (Å²) in [5.41, 5.74) is 15.5. The molecule has 0 fully saturated rings. The van der Waals surface area contributed by atoms with Gasteiger partial charge in [0.15, 0.2) is 0 Å². The van der Waals surface area contributed by atoms with Crippen LogP contribution in [0.5, 0.6) is 0 Å². The van der Waals surface area contributed by atoms with Gasteiger partial charge in [0, 0.05) is 21.9 Å². The number of aryl methyl sites for hydroxylation is 1. The minimum absolute atomic E-state index is 0.982. The van der Waals surface area contributed by atoms with Crippen LogP contribution in [-0.2, 0) is 19.3 Å². The van der Waals surface area contributed by atoms with Crippen molar-refractivity contribution >= 4 is 21.9 Å². The Morgan fingerprint density at radius 3 is 2.06 bits per heavy atom. The monoisotopic (exact) mass is 462 g/mol. The van der Waals surface area contributed by atoms with Gasteiger partial charge < -0.3 is 4.42 Å². The molecule has 2 aliphatic rings. The van der Waals surface area contributed by atoms with Crippen molar-refractivity contribution in [1.82, 2.24) is 0 Å². The third-order valence-electron chi connectivity index (χ3n) is 8.32. The molecule has 0 unspecified atom stereocenters. The lowest BCUT2D eigenvalue weighted by Crippen LogP contribution is -2.04. The predicted molar refractivity (Wildman–Crippen MR) is 149 cm³/mol. The molecule has 0 saturated carbocycles. The van der Waals surface area contributed by atoms with Gasteiger partial charge >= 0.3 is 0 Å². The van der Waals surface area contributed by atoms with Gasteiger partial charge in [0.2, 0.25) is 0 Å². The van der Waals surface area contributed by atoms with E-state index in [1.54, 1.807) is 0 Å². The van der Waals surface area contributed by atoms with Gasteiger partial charge in [-0.1, -0.05) is 91.0 Å². The molecule has 0 saturated heterocycles. The van der Waals surface area contributed by atoms with E-state index in [9.17, 15) is 0 Å². The first-order valence-electron chi connectivity index (χ1n) is 13.1. The van der Waals surface area contributed by atoms with E-state index in [2.05, 4.69) is 97.1 Å². The third kappa shape index (κ3) is 2.89. The van der Waals surface area contributed by atoms with Gasteiger partial charge in [-0.25, -0.2) is 0 Å². The van der Waals surface area contributed by atoms with Crippen molar-refractivity contribution in [2.24, 2.45) is 0 Å². The Balaban J connectivity index is 1.34. The SMILES string of the molecule is c1ccc2c(c1)Cc1ccc(-c3cccc4c3oc3c(-c5cccc6c5CCCC6)cccc34)cc1-2. The molecule has 0 amide bonds. The maximum atomic E-state index is 6.80. The smallest absolute Gasteiger partial charge is 0.143 e. The van der Waals surface area contributed by atoms with Crippen LogP contribution >= 0.6 is 0 Å². The molecule has 5 aromatic carbocycles. The maximum Gasteiger partial charge on any atom is 0.143 e. The van der Waals surface area contributed by atoms with E-state index in [-0.39, 0.29) is 0 Å². The molecule has 0 N–H and O–H groups in total. The number of benzene rings is 5. The molecule has 0 aliphatic heterocycles. The first kappa shape index (κ1) is 20.1. The van der Waals surface area contributed by atoms with Crippen LogP contribution in [0.15, 0.2) is 101 Å². The zero-order valence-electron chi connectivity index (χ0n) is 20.2. The summed E-state index contributed by atoms with van der Waals surface area (Å²) in [5.74, 6) is 0. The molecule has 8 rings (SSSR count). The van der Waals surface area contributed by atoms with Crippen LogP contribution in [0.3, 0.4) is 0 Å². The summed E-state index contributed by atoms with van der Waals surface area (Å²) in [7, 11) is 0. The topological polar surface area (TPSA) is 13.1 Å². The lowest BCUT2D eigenvalue weighted by molar-refractivity contribution is 0.669. The number of hydrogen-bond acceptors (Lipinski definition) is 1. The summed E-state index contributed by atoms with van der Waals surface area (Å²) in [5, 5.41) is 2.39. The van der Waals surface area contributed by atoms with E-state index in [1.165, 1.54) is 80.1 Å². The van der Waals surface area contributed by atoms with E-state index < -0.39 is 0 Å². The van der Waals surface area contributed by atoms with Crippen molar-refractivity contribution in [2.45, 2.75) is 32.1 Å². The van der Waals surface area contributed by atoms with Crippen LogP contribution in [0.2, 0.25) is 0 Å². The summed E-state index contributed by atoms with van der Waals surface area (Å²) >= 11 is 0. The lowest BCUT2D eigenvalue weighted by atomic mass is 9.85. The Labute approximate surface area is 211 Å². The van der Waals surface area contributed by atoms with Crippen molar-refractivity contribution < 1.29 is 4.42 Å². The molecule has 0 spiro atoms. The zero-order valence-corrected chi connectivity index (χ0v) is 20.2. The van der Waals surface area contributed by atoms with Gasteiger partial charge in [0.25, 0.3) is 0 Å². The average molecular weight is 463 g/mol. The largest absolute Gasteiger partial charge is 0.455 e. The quantitative estimate of drug-likeness (QED) is 0.249. The van der Waals surface area contributed by atoms with Gasteiger partial charge in [-0.3, -0.25) is 0 Å². The van der Waals surface area contributed by atoms with E-state index in [1.807, 2.05) is 0 Å². The molecular weight excluding hydrogens is 436 g/mol. The summed E-state index contributed by atoms with van der Waals surface area (Å²) in [6, 6.07) is 35.7. The van der Waals surface area contributed by atoms with Crippen LogP contribution in [-0.4, -0.2) is 0 Å².